The van der Waals surface area contributed by atoms with Crippen LogP contribution in [0, 0.1) is 11.7 Å². The molecule has 2 aromatic carbocycles. The van der Waals surface area contributed by atoms with E-state index in [4.69, 9.17) is 4.74 Å². The standard InChI is InChI=1S/C24H30FN3O2/c1-18-15-27(12-13-30-18)16-19-2-4-21(5-3-19)24(29)26-14-20-10-11-28(17-20)23-8-6-22(25)7-9-23/h2-9,18,20H,10-17H2,1H3,(H,26,29)/t18-,20-/m1/s1. The van der Waals surface area contributed by atoms with Crippen molar-refractivity contribution in [3.05, 3.63) is 65.5 Å². The third-order valence-electron chi connectivity index (χ3n) is 5.98. The lowest BCUT2D eigenvalue weighted by molar-refractivity contribution is -0.0212. The normalized spacial score (nSPS) is 22.3. The first kappa shape index (κ1) is 20.8. The van der Waals surface area contributed by atoms with Gasteiger partial charge in [0.15, 0.2) is 0 Å². The summed E-state index contributed by atoms with van der Waals surface area (Å²) in [4.78, 5) is 17.2. The van der Waals surface area contributed by atoms with Gasteiger partial charge in [0.25, 0.3) is 5.91 Å². The van der Waals surface area contributed by atoms with Crippen molar-refractivity contribution in [2.45, 2.75) is 26.0 Å². The number of benzene rings is 2. The maximum Gasteiger partial charge on any atom is 0.251 e. The molecule has 0 aliphatic carbocycles. The van der Waals surface area contributed by atoms with Gasteiger partial charge in [-0.2, -0.15) is 0 Å². The van der Waals surface area contributed by atoms with E-state index in [1.165, 1.54) is 17.7 Å². The lowest BCUT2D eigenvalue weighted by atomic mass is 10.1. The lowest BCUT2D eigenvalue weighted by Gasteiger charge is -2.31. The smallest absolute Gasteiger partial charge is 0.251 e. The number of halogens is 1. The summed E-state index contributed by atoms with van der Waals surface area (Å²) in [5.74, 6) is 0.163. The van der Waals surface area contributed by atoms with Crippen LogP contribution in [0.1, 0.15) is 29.3 Å². The maximum absolute atomic E-state index is 13.1. The Balaban J connectivity index is 1.23. The average molecular weight is 412 g/mol. The Kier molecular flexibility index (Phi) is 6.65. The van der Waals surface area contributed by atoms with E-state index in [2.05, 4.69) is 22.0 Å². The molecule has 1 N–H and O–H groups in total. The molecular formula is C24H30FN3O2. The number of ether oxygens (including phenoxy) is 1. The number of nitrogens with one attached hydrogen (secondary N) is 1. The molecule has 2 atom stereocenters. The molecular weight excluding hydrogens is 381 g/mol. The Morgan fingerprint density at radius 3 is 2.60 bits per heavy atom. The predicted molar refractivity (Wildman–Crippen MR) is 116 cm³/mol. The fourth-order valence-electron chi connectivity index (χ4n) is 4.28. The molecule has 2 saturated heterocycles. The van der Waals surface area contributed by atoms with E-state index in [0.29, 0.717) is 18.0 Å². The highest BCUT2D eigenvalue weighted by atomic mass is 19.1. The molecule has 0 saturated carbocycles. The number of carbonyl (C=O) groups is 1. The van der Waals surface area contributed by atoms with Crippen molar-refractivity contribution in [3.8, 4) is 0 Å². The number of hydrogen-bond acceptors (Lipinski definition) is 4. The van der Waals surface area contributed by atoms with E-state index in [9.17, 15) is 9.18 Å². The monoisotopic (exact) mass is 411 g/mol. The van der Waals surface area contributed by atoms with E-state index in [1.54, 1.807) is 0 Å². The van der Waals surface area contributed by atoms with Gasteiger partial charge in [-0.3, -0.25) is 9.69 Å². The highest BCUT2D eigenvalue weighted by Crippen LogP contribution is 2.23. The molecule has 0 aromatic heterocycles. The quantitative estimate of drug-likeness (QED) is 0.792. The van der Waals surface area contributed by atoms with Gasteiger partial charge in [-0.25, -0.2) is 4.39 Å². The number of hydrogen-bond donors (Lipinski definition) is 1. The van der Waals surface area contributed by atoms with Crippen LogP contribution < -0.4 is 10.2 Å². The van der Waals surface area contributed by atoms with Gasteiger partial charge < -0.3 is 15.0 Å². The Morgan fingerprint density at radius 1 is 1.10 bits per heavy atom. The molecule has 160 valence electrons. The summed E-state index contributed by atoms with van der Waals surface area (Å²) in [7, 11) is 0. The van der Waals surface area contributed by atoms with Crippen LogP contribution in [0.3, 0.4) is 0 Å². The number of rotatable bonds is 6. The first-order valence-electron chi connectivity index (χ1n) is 10.8. The van der Waals surface area contributed by atoms with Crippen molar-refractivity contribution in [1.82, 2.24) is 10.2 Å². The Bertz CT molecular complexity index is 841. The summed E-state index contributed by atoms with van der Waals surface area (Å²) in [6, 6.07) is 14.5. The highest BCUT2D eigenvalue weighted by molar-refractivity contribution is 5.94. The zero-order valence-electron chi connectivity index (χ0n) is 17.5. The lowest BCUT2D eigenvalue weighted by Crippen LogP contribution is -2.40. The van der Waals surface area contributed by atoms with Crippen LogP contribution >= 0.6 is 0 Å². The van der Waals surface area contributed by atoms with E-state index < -0.39 is 0 Å². The second-order valence-electron chi connectivity index (χ2n) is 8.40. The SMILES string of the molecule is C[C@@H]1CN(Cc2ccc(C(=O)NC[C@H]3CCN(c4ccc(F)cc4)C3)cc2)CCO1. The largest absolute Gasteiger partial charge is 0.376 e. The summed E-state index contributed by atoms with van der Waals surface area (Å²) in [6.07, 6.45) is 1.30. The van der Waals surface area contributed by atoms with Crippen molar-refractivity contribution >= 4 is 11.6 Å². The third-order valence-corrected chi connectivity index (χ3v) is 5.98. The van der Waals surface area contributed by atoms with Gasteiger partial charge in [-0.1, -0.05) is 12.1 Å². The molecule has 2 heterocycles. The van der Waals surface area contributed by atoms with E-state index >= 15 is 0 Å². The fourth-order valence-corrected chi connectivity index (χ4v) is 4.28. The van der Waals surface area contributed by atoms with Crippen LogP contribution in [0.25, 0.3) is 0 Å². The van der Waals surface area contributed by atoms with Crippen molar-refractivity contribution in [2.75, 3.05) is 44.2 Å². The van der Waals surface area contributed by atoms with Crippen LogP contribution in [0.4, 0.5) is 10.1 Å². The molecule has 0 radical (unpaired) electrons. The minimum absolute atomic E-state index is 0.0261. The van der Waals surface area contributed by atoms with Crippen molar-refractivity contribution in [2.24, 2.45) is 5.92 Å². The topological polar surface area (TPSA) is 44.8 Å². The first-order chi connectivity index (χ1) is 14.6. The van der Waals surface area contributed by atoms with Gasteiger partial charge in [0.05, 0.1) is 12.7 Å². The van der Waals surface area contributed by atoms with Crippen LogP contribution in [0.5, 0.6) is 0 Å². The van der Waals surface area contributed by atoms with Crippen LogP contribution in [-0.4, -0.2) is 56.2 Å². The molecule has 4 rings (SSSR count). The fraction of sp³-hybridized carbons (Fsp3) is 0.458. The molecule has 30 heavy (non-hydrogen) atoms. The molecule has 2 fully saturated rings. The summed E-state index contributed by atoms with van der Waals surface area (Å²) < 4.78 is 18.7. The molecule has 0 unspecified atom stereocenters. The molecule has 2 aliphatic rings. The third kappa shape index (κ3) is 5.37. The summed E-state index contributed by atoms with van der Waals surface area (Å²) in [5.41, 5.74) is 2.95. The Morgan fingerprint density at radius 2 is 1.87 bits per heavy atom. The number of carbonyl (C=O) groups excluding carboxylic acids is 1. The molecule has 0 spiro atoms. The van der Waals surface area contributed by atoms with Crippen LogP contribution in [0.2, 0.25) is 0 Å². The van der Waals surface area contributed by atoms with Crippen molar-refractivity contribution in [3.63, 3.8) is 0 Å². The van der Waals surface area contributed by atoms with Gasteiger partial charge in [-0.05, 0) is 61.2 Å². The second-order valence-corrected chi connectivity index (χ2v) is 8.40. The molecule has 5 nitrogen and oxygen atoms in total. The maximum atomic E-state index is 13.1. The summed E-state index contributed by atoms with van der Waals surface area (Å²) in [5, 5.41) is 3.08. The Hall–Kier alpha value is -2.44. The van der Waals surface area contributed by atoms with Gasteiger partial charge in [-0.15, -0.1) is 0 Å². The second kappa shape index (κ2) is 9.58. The van der Waals surface area contributed by atoms with E-state index in [-0.39, 0.29) is 17.8 Å². The first-order valence-corrected chi connectivity index (χ1v) is 10.8. The minimum Gasteiger partial charge on any atom is -0.376 e. The van der Waals surface area contributed by atoms with Gasteiger partial charge in [0.2, 0.25) is 0 Å². The Labute approximate surface area is 177 Å². The predicted octanol–water partition coefficient (Wildman–Crippen LogP) is 3.30. The van der Waals surface area contributed by atoms with Crippen molar-refractivity contribution in [1.29, 1.82) is 0 Å². The summed E-state index contributed by atoms with van der Waals surface area (Å²) in [6.45, 7) is 8.12. The average Bonchev–Trinajstić information content (AvgIpc) is 3.22. The van der Waals surface area contributed by atoms with Crippen LogP contribution in [-0.2, 0) is 11.3 Å². The highest BCUT2D eigenvalue weighted by Gasteiger charge is 2.23. The molecule has 2 aliphatic heterocycles. The molecule has 2 aromatic rings. The number of amides is 1. The van der Waals surface area contributed by atoms with Gasteiger partial charge in [0.1, 0.15) is 5.82 Å². The molecule has 0 bridgehead atoms. The minimum atomic E-state index is -0.215. The summed E-state index contributed by atoms with van der Waals surface area (Å²) >= 11 is 0. The van der Waals surface area contributed by atoms with Gasteiger partial charge >= 0.3 is 0 Å². The van der Waals surface area contributed by atoms with Gasteiger partial charge in [0, 0.05) is 50.5 Å². The zero-order chi connectivity index (χ0) is 20.9. The zero-order valence-corrected chi connectivity index (χ0v) is 17.5. The van der Waals surface area contributed by atoms with Crippen LogP contribution in [0.15, 0.2) is 48.5 Å². The molecule has 6 heteroatoms. The number of morpholine rings is 1. The number of anilines is 1. The van der Waals surface area contributed by atoms with Crippen molar-refractivity contribution < 1.29 is 13.9 Å². The van der Waals surface area contributed by atoms with E-state index in [1.807, 2.05) is 36.4 Å². The molecule has 1 amide bonds. The van der Waals surface area contributed by atoms with E-state index in [0.717, 1.165) is 51.4 Å². The number of nitrogens with zero attached hydrogens (tertiary/aromatic N) is 2.